The van der Waals surface area contributed by atoms with Gasteiger partial charge in [-0.05, 0) is 20.8 Å². The number of amidine groups is 1. The molecule has 0 spiro atoms. The van der Waals surface area contributed by atoms with Crippen molar-refractivity contribution in [3.63, 3.8) is 0 Å². The zero-order valence-electron chi connectivity index (χ0n) is 10.8. The molecule has 1 rings (SSSR count). The van der Waals surface area contributed by atoms with E-state index in [4.69, 9.17) is 10.9 Å². The van der Waals surface area contributed by atoms with E-state index >= 15 is 0 Å². The number of rotatable bonds is 5. The quantitative estimate of drug-likeness (QED) is 0.299. The highest BCUT2D eigenvalue weighted by Gasteiger charge is 2.21. The average molecular weight is 253 g/mol. The fourth-order valence-corrected chi connectivity index (χ4v) is 1.61. The van der Waals surface area contributed by atoms with Crippen molar-refractivity contribution in [3.8, 4) is 0 Å². The zero-order valence-corrected chi connectivity index (χ0v) is 10.8. The van der Waals surface area contributed by atoms with Crippen LogP contribution < -0.4 is 10.6 Å². The highest BCUT2D eigenvalue weighted by atomic mass is 16.4. The molecule has 0 bridgehead atoms. The molecule has 0 radical (unpaired) electrons. The number of likely N-dealkylation sites (N-methyl/N-ethyl adjacent to an activating group) is 1. The maximum Gasteiger partial charge on any atom is 0.175 e. The van der Waals surface area contributed by atoms with E-state index in [-0.39, 0.29) is 5.84 Å². The number of oxime groups is 1. The van der Waals surface area contributed by atoms with Crippen molar-refractivity contribution in [2.45, 2.75) is 26.4 Å². The highest BCUT2D eigenvalue weighted by molar-refractivity contribution is 6.01. The molecule has 0 fully saturated rings. The molecule has 0 aliphatic heterocycles. The minimum atomic E-state index is -0.872. The lowest BCUT2D eigenvalue weighted by Crippen LogP contribution is -2.40. The van der Waals surface area contributed by atoms with Crippen LogP contribution in [-0.4, -0.2) is 44.8 Å². The van der Waals surface area contributed by atoms with E-state index in [2.05, 4.69) is 15.1 Å². The molecule has 0 aromatic carbocycles. The Hall–Kier alpha value is -1.89. The molecule has 0 amide bonds. The second-order valence-corrected chi connectivity index (χ2v) is 4.57. The van der Waals surface area contributed by atoms with Crippen LogP contribution in [0.5, 0.6) is 0 Å². The molecule has 0 aliphatic rings. The van der Waals surface area contributed by atoms with Gasteiger partial charge in [0.25, 0.3) is 0 Å². The van der Waals surface area contributed by atoms with Gasteiger partial charge in [0.1, 0.15) is 12.1 Å². The Morgan fingerprint density at radius 3 is 2.72 bits per heavy atom. The van der Waals surface area contributed by atoms with Crippen LogP contribution in [0.3, 0.4) is 0 Å². The molecule has 0 unspecified atom stereocenters. The van der Waals surface area contributed by atoms with E-state index in [0.717, 1.165) is 0 Å². The molecular formula is C11H19N5O2. The monoisotopic (exact) mass is 253 g/mol. The van der Waals surface area contributed by atoms with Gasteiger partial charge in [0, 0.05) is 19.3 Å². The maximum absolute atomic E-state index is 9.87. The summed E-state index contributed by atoms with van der Waals surface area (Å²) in [5.74, 6) is 0.477. The van der Waals surface area contributed by atoms with Gasteiger partial charge in [-0.25, -0.2) is 9.97 Å². The number of anilines is 1. The van der Waals surface area contributed by atoms with Crippen LogP contribution in [-0.2, 0) is 0 Å². The van der Waals surface area contributed by atoms with E-state index in [1.807, 2.05) is 11.8 Å². The van der Waals surface area contributed by atoms with Gasteiger partial charge < -0.3 is 20.9 Å². The van der Waals surface area contributed by atoms with Gasteiger partial charge in [0.05, 0.1) is 11.2 Å². The van der Waals surface area contributed by atoms with Crippen molar-refractivity contribution in [2.24, 2.45) is 10.9 Å². The Bertz CT molecular complexity index is 428. The average Bonchev–Trinajstić information content (AvgIpc) is 2.34. The number of nitrogens with zero attached hydrogens (tertiary/aromatic N) is 4. The molecule has 0 atom stereocenters. The Labute approximate surface area is 106 Å². The first kappa shape index (κ1) is 14.2. The lowest BCUT2D eigenvalue weighted by molar-refractivity contribution is 0.0874. The molecule has 100 valence electrons. The minimum absolute atomic E-state index is 0.0557. The number of hydrogen-bond donors (Lipinski definition) is 3. The van der Waals surface area contributed by atoms with Crippen molar-refractivity contribution in [3.05, 3.63) is 18.1 Å². The summed E-state index contributed by atoms with van der Waals surface area (Å²) in [6, 6.07) is 0. The van der Waals surface area contributed by atoms with E-state index in [1.165, 1.54) is 12.5 Å². The van der Waals surface area contributed by atoms with Crippen LogP contribution in [0.2, 0.25) is 0 Å². The topological polar surface area (TPSA) is 108 Å². The minimum Gasteiger partial charge on any atom is -0.409 e. The standard InChI is InChI=1S/C11H19N5O2/c1-4-16(6-11(2,3)17)10-8(9(12)15-18)5-13-7-14-10/h5,7,17-18H,4,6H2,1-3H3,(H2,12,15). The molecule has 7 nitrogen and oxygen atoms in total. The van der Waals surface area contributed by atoms with Crippen LogP contribution in [0.15, 0.2) is 17.7 Å². The third kappa shape index (κ3) is 3.56. The van der Waals surface area contributed by atoms with E-state index in [1.54, 1.807) is 13.8 Å². The summed E-state index contributed by atoms with van der Waals surface area (Å²) in [6.07, 6.45) is 2.86. The first-order chi connectivity index (χ1) is 8.39. The third-order valence-corrected chi connectivity index (χ3v) is 2.33. The summed E-state index contributed by atoms with van der Waals surface area (Å²) in [4.78, 5) is 9.83. The number of aliphatic hydroxyl groups is 1. The molecule has 0 saturated carbocycles. The summed E-state index contributed by atoms with van der Waals surface area (Å²) < 4.78 is 0. The van der Waals surface area contributed by atoms with Gasteiger partial charge in [0.15, 0.2) is 5.84 Å². The van der Waals surface area contributed by atoms with Gasteiger partial charge in [-0.15, -0.1) is 0 Å². The van der Waals surface area contributed by atoms with Crippen molar-refractivity contribution < 1.29 is 10.3 Å². The molecule has 4 N–H and O–H groups in total. The van der Waals surface area contributed by atoms with E-state index in [9.17, 15) is 5.11 Å². The molecule has 0 saturated heterocycles. The van der Waals surface area contributed by atoms with Crippen molar-refractivity contribution in [2.75, 3.05) is 18.0 Å². The summed E-state index contributed by atoms with van der Waals surface area (Å²) in [5, 5.41) is 21.6. The Morgan fingerprint density at radius 1 is 1.56 bits per heavy atom. The largest absolute Gasteiger partial charge is 0.409 e. The SMILES string of the molecule is CCN(CC(C)(C)O)c1ncncc1C(N)=NO. The van der Waals surface area contributed by atoms with Crippen LogP contribution >= 0.6 is 0 Å². The first-order valence-corrected chi connectivity index (χ1v) is 5.64. The van der Waals surface area contributed by atoms with Gasteiger partial charge in [-0.1, -0.05) is 5.16 Å². The van der Waals surface area contributed by atoms with Crippen LogP contribution in [0.1, 0.15) is 26.3 Å². The first-order valence-electron chi connectivity index (χ1n) is 5.64. The fraction of sp³-hybridized carbons (Fsp3) is 0.545. The normalized spacial score (nSPS) is 12.6. The third-order valence-electron chi connectivity index (χ3n) is 2.33. The summed E-state index contributed by atoms with van der Waals surface area (Å²) in [5.41, 5.74) is 5.15. The zero-order chi connectivity index (χ0) is 13.8. The predicted octanol–water partition coefficient (Wildman–Crippen LogP) is 0.168. The number of hydrogen-bond acceptors (Lipinski definition) is 6. The second kappa shape index (κ2) is 5.63. The van der Waals surface area contributed by atoms with E-state index < -0.39 is 5.60 Å². The van der Waals surface area contributed by atoms with Crippen LogP contribution in [0.25, 0.3) is 0 Å². The molecule has 18 heavy (non-hydrogen) atoms. The van der Waals surface area contributed by atoms with E-state index in [0.29, 0.717) is 24.5 Å². The molecule has 1 heterocycles. The van der Waals surface area contributed by atoms with Gasteiger partial charge >= 0.3 is 0 Å². The summed E-state index contributed by atoms with van der Waals surface area (Å²) in [6.45, 7) is 6.36. The van der Waals surface area contributed by atoms with Crippen molar-refractivity contribution in [1.82, 2.24) is 9.97 Å². The van der Waals surface area contributed by atoms with Crippen molar-refractivity contribution >= 4 is 11.7 Å². The molecule has 0 aliphatic carbocycles. The molecule has 1 aromatic heterocycles. The Kier molecular flexibility index (Phi) is 4.43. The van der Waals surface area contributed by atoms with Gasteiger partial charge in [-0.3, -0.25) is 0 Å². The number of aromatic nitrogens is 2. The maximum atomic E-state index is 9.87. The fourth-order valence-electron chi connectivity index (χ4n) is 1.61. The molecular weight excluding hydrogens is 234 g/mol. The Balaban J connectivity index is 3.14. The lowest BCUT2D eigenvalue weighted by Gasteiger charge is -2.29. The highest BCUT2D eigenvalue weighted by Crippen LogP contribution is 2.18. The van der Waals surface area contributed by atoms with Gasteiger partial charge in [-0.2, -0.15) is 0 Å². The van der Waals surface area contributed by atoms with Gasteiger partial charge in [0.2, 0.25) is 0 Å². The van der Waals surface area contributed by atoms with Crippen LogP contribution in [0.4, 0.5) is 5.82 Å². The van der Waals surface area contributed by atoms with Crippen LogP contribution in [0, 0.1) is 0 Å². The predicted molar refractivity (Wildman–Crippen MR) is 68.7 cm³/mol. The smallest absolute Gasteiger partial charge is 0.175 e. The van der Waals surface area contributed by atoms with Crippen molar-refractivity contribution in [1.29, 1.82) is 0 Å². The summed E-state index contributed by atoms with van der Waals surface area (Å²) in [7, 11) is 0. The molecule has 1 aromatic rings. The second-order valence-electron chi connectivity index (χ2n) is 4.57. The summed E-state index contributed by atoms with van der Waals surface area (Å²) >= 11 is 0. The molecule has 7 heteroatoms. The lowest BCUT2D eigenvalue weighted by atomic mass is 10.1. The Morgan fingerprint density at radius 2 is 2.22 bits per heavy atom. The number of nitrogens with two attached hydrogens (primary N) is 1.